The molecule has 1 aliphatic rings. The Morgan fingerprint density at radius 3 is 2.84 bits per heavy atom. The number of aromatic nitrogens is 3. The summed E-state index contributed by atoms with van der Waals surface area (Å²) < 4.78 is 76.6. The van der Waals surface area contributed by atoms with Crippen molar-refractivity contribution in [3.63, 3.8) is 0 Å². The topological polar surface area (TPSA) is 97.4 Å². The molecule has 12 heteroatoms. The van der Waals surface area contributed by atoms with E-state index >= 15 is 0 Å². The Morgan fingerprint density at radius 1 is 1.21 bits per heavy atom. The van der Waals surface area contributed by atoms with Crippen LogP contribution in [0.4, 0.5) is 13.2 Å². The molecule has 4 heterocycles. The minimum absolute atomic E-state index is 0.0858. The Morgan fingerprint density at radius 2 is 2.05 bits per heavy atom. The van der Waals surface area contributed by atoms with Gasteiger partial charge in [0.05, 0.1) is 29.0 Å². The maximum atomic E-state index is 14.2. The normalized spacial score (nSPS) is 16.3. The minimum Gasteiger partial charge on any atom is -0.490 e. The van der Waals surface area contributed by atoms with Gasteiger partial charge in [-0.15, -0.1) is 0 Å². The summed E-state index contributed by atoms with van der Waals surface area (Å²) in [5.74, 6) is -1.15. The van der Waals surface area contributed by atoms with Crippen LogP contribution in [0.5, 0.6) is 11.5 Å². The predicted molar refractivity (Wildman–Crippen MR) is 136 cm³/mol. The number of benzene rings is 1. The van der Waals surface area contributed by atoms with E-state index < -0.39 is 28.2 Å². The van der Waals surface area contributed by atoms with Gasteiger partial charge in [0, 0.05) is 35.5 Å². The van der Waals surface area contributed by atoms with E-state index in [1.807, 2.05) is 0 Å². The first-order valence-corrected chi connectivity index (χ1v) is 13.2. The van der Waals surface area contributed by atoms with Crippen LogP contribution in [0.2, 0.25) is 0 Å². The number of ether oxygens (including phenoxy) is 2. The van der Waals surface area contributed by atoms with Crippen LogP contribution >= 0.6 is 0 Å². The van der Waals surface area contributed by atoms with Gasteiger partial charge in [-0.1, -0.05) is 12.6 Å². The Kier molecular flexibility index (Phi) is 7.09. The summed E-state index contributed by atoms with van der Waals surface area (Å²) in [5.41, 5.74) is 3.20. The summed E-state index contributed by atoms with van der Waals surface area (Å²) in [6, 6.07) is 8.57. The Hall–Kier alpha value is -3.90. The number of alkyl halides is 2. The summed E-state index contributed by atoms with van der Waals surface area (Å²) in [5, 5.41) is 0.930. The molecular weight excluding hydrogens is 521 g/mol. The van der Waals surface area contributed by atoms with Crippen LogP contribution < -0.4 is 9.47 Å². The fraction of sp³-hybridized carbons (Fsp3) is 0.231. The Labute approximate surface area is 216 Å². The van der Waals surface area contributed by atoms with Gasteiger partial charge in [-0.25, -0.2) is 12.8 Å². The van der Waals surface area contributed by atoms with Crippen molar-refractivity contribution in [1.29, 1.82) is 0 Å². The number of rotatable bonds is 9. The molecule has 1 fully saturated rings. The van der Waals surface area contributed by atoms with Crippen molar-refractivity contribution < 1.29 is 31.1 Å². The zero-order valence-corrected chi connectivity index (χ0v) is 20.8. The third-order valence-electron chi connectivity index (χ3n) is 6.34. The lowest BCUT2D eigenvalue weighted by Gasteiger charge is -2.23. The van der Waals surface area contributed by atoms with Crippen LogP contribution in [-0.2, 0) is 10.0 Å². The predicted octanol–water partition coefficient (Wildman–Crippen LogP) is 5.35. The molecule has 1 saturated heterocycles. The third-order valence-corrected chi connectivity index (χ3v) is 7.89. The smallest absolute Gasteiger partial charge is 0.387 e. The standard InChI is InChI=1S/C26H23F3N4O4S/c1-2-38(34,35)33-12-4-5-17(33)15-36-22-14-30-11-9-18(22)24-23(25-20(32-24)6-3-10-31-25)16-7-8-19(27)21(13-16)37-26(28)29/h2-3,6-11,13-14,17,26,32H,1,4-5,12,15H2/t17-/m0/s1. The second-order valence-corrected chi connectivity index (χ2v) is 10.4. The van der Waals surface area contributed by atoms with E-state index in [1.165, 1.54) is 22.6 Å². The van der Waals surface area contributed by atoms with E-state index in [1.54, 1.807) is 30.6 Å². The summed E-state index contributed by atoms with van der Waals surface area (Å²) in [7, 11) is -3.60. The molecule has 38 heavy (non-hydrogen) atoms. The number of fused-ring (bicyclic) bond motifs is 1. The maximum absolute atomic E-state index is 14.2. The molecule has 198 valence electrons. The Bertz CT molecular complexity index is 1590. The van der Waals surface area contributed by atoms with Crippen LogP contribution in [0.15, 0.2) is 67.0 Å². The molecule has 0 unspecified atom stereocenters. The van der Waals surface area contributed by atoms with Gasteiger partial charge in [-0.3, -0.25) is 9.97 Å². The van der Waals surface area contributed by atoms with Crippen LogP contribution in [0, 0.1) is 5.82 Å². The van der Waals surface area contributed by atoms with Crippen molar-refractivity contribution in [2.75, 3.05) is 13.2 Å². The van der Waals surface area contributed by atoms with Gasteiger partial charge in [0.2, 0.25) is 10.0 Å². The number of pyridine rings is 2. The van der Waals surface area contributed by atoms with E-state index in [0.29, 0.717) is 58.6 Å². The second kappa shape index (κ2) is 10.5. The summed E-state index contributed by atoms with van der Waals surface area (Å²) in [6.07, 6.45) is 5.99. The molecule has 0 radical (unpaired) electrons. The second-order valence-electron chi connectivity index (χ2n) is 8.60. The van der Waals surface area contributed by atoms with E-state index in [0.717, 1.165) is 11.5 Å². The van der Waals surface area contributed by atoms with Crippen molar-refractivity contribution in [3.8, 4) is 33.9 Å². The fourth-order valence-electron chi connectivity index (χ4n) is 4.64. The first-order chi connectivity index (χ1) is 18.3. The molecule has 3 aromatic heterocycles. The number of hydrogen-bond donors (Lipinski definition) is 1. The summed E-state index contributed by atoms with van der Waals surface area (Å²) >= 11 is 0. The summed E-state index contributed by atoms with van der Waals surface area (Å²) in [6.45, 7) is 0.680. The molecular formula is C26H23F3N4O4S. The number of aromatic amines is 1. The summed E-state index contributed by atoms with van der Waals surface area (Å²) in [4.78, 5) is 11.9. The SMILES string of the molecule is C=CS(=O)(=O)N1CCC[C@H]1COc1cnccc1-c1[nH]c2cccnc2c1-c1ccc(F)c(OC(F)F)c1. The molecule has 1 atom stereocenters. The number of nitrogens with one attached hydrogen (secondary N) is 1. The van der Waals surface area contributed by atoms with Gasteiger partial charge >= 0.3 is 6.61 Å². The van der Waals surface area contributed by atoms with E-state index in [9.17, 15) is 21.6 Å². The highest BCUT2D eigenvalue weighted by atomic mass is 32.2. The molecule has 8 nitrogen and oxygen atoms in total. The molecule has 4 aromatic rings. The first kappa shape index (κ1) is 25.7. The lowest BCUT2D eigenvalue weighted by atomic mass is 10.00. The lowest BCUT2D eigenvalue weighted by Crippen LogP contribution is -2.37. The van der Waals surface area contributed by atoms with Crippen LogP contribution in [0.3, 0.4) is 0 Å². The van der Waals surface area contributed by atoms with Crippen LogP contribution in [0.25, 0.3) is 33.4 Å². The van der Waals surface area contributed by atoms with Crippen molar-refractivity contribution >= 4 is 21.1 Å². The molecule has 0 saturated carbocycles. The minimum atomic E-state index is -3.60. The van der Waals surface area contributed by atoms with Gasteiger partial charge in [0.15, 0.2) is 11.6 Å². The van der Waals surface area contributed by atoms with Crippen molar-refractivity contribution in [2.24, 2.45) is 0 Å². The Balaban J connectivity index is 1.56. The number of hydrogen-bond acceptors (Lipinski definition) is 6. The van der Waals surface area contributed by atoms with Gasteiger partial charge in [0.1, 0.15) is 12.4 Å². The van der Waals surface area contributed by atoms with E-state index in [4.69, 9.17) is 4.74 Å². The van der Waals surface area contributed by atoms with Crippen molar-refractivity contribution in [1.82, 2.24) is 19.3 Å². The van der Waals surface area contributed by atoms with Gasteiger partial charge in [0.25, 0.3) is 0 Å². The molecule has 1 aliphatic heterocycles. The highest BCUT2D eigenvalue weighted by Gasteiger charge is 2.33. The lowest BCUT2D eigenvalue weighted by molar-refractivity contribution is -0.0521. The zero-order valence-electron chi connectivity index (χ0n) is 20.0. The monoisotopic (exact) mass is 544 g/mol. The number of sulfonamides is 1. The molecule has 1 N–H and O–H groups in total. The van der Waals surface area contributed by atoms with Crippen molar-refractivity contribution in [3.05, 3.63) is 72.8 Å². The van der Waals surface area contributed by atoms with E-state index in [2.05, 4.69) is 26.3 Å². The molecule has 0 amide bonds. The van der Waals surface area contributed by atoms with Gasteiger partial charge < -0.3 is 14.5 Å². The number of H-pyrrole nitrogens is 1. The van der Waals surface area contributed by atoms with Crippen molar-refractivity contribution in [2.45, 2.75) is 25.5 Å². The maximum Gasteiger partial charge on any atom is 0.387 e. The third kappa shape index (κ3) is 4.96. The average Bonchev–Trinajstić information content (AvgIpc) is 3.54. The highest BCUT2D eigenvalue weighted by Crippen LogP contribution is 2.42. The zero-order chi connectivity index (χ0) is 26.9. The largest absolute Gasteiger partial charge is 0.490 e. The highest BCUT2D eigenvalue weighted by molar-refractivity contribution is 7.92. The van der Waals surface area contributed by atoms with Gasteiger partial charge in [-0.05, 0) is 48.7 Å². The first-order valence-electron chi connectivity index (χ1n) is 11.7. The number of halogens is 3. The van der Waals surface area contributed by atoms with Crippen LogP contribution in [-0.4, -0.2) is 53.5 Å². The molecule has 0 spiro atoms. The average molecular weight is 545 g/mol. The van der Waals surface area contributed by atoms with Crippen LogP contribution in [0.1, 0.15) is 12.8 Å². The van der Waals surface area contributed by atoms with Gasteiger partial charge in [-0.2, -0.15) is 13.1 Å². The molecule has 0 aliphatic carbocycles. The molecule has 1 aromatic carbocycles. The molecule has 5 rings (SSSR count). The number of nitrogens with zero attached hydrogens (tertiary/aromatic N) is 3. The van der Waals surface area contributed by atoms with E-state index in [-0.39, 0.29) is 12.6 Å². The molecule has 0 bridgehead atoms. The quantitative estimate of drug-likeness (QED) is 0.305. The fourth-order valence-corrected chi connectivity index (χ4v) is 5.80.